The number of nitrogens with two attached hydrogens (primary N) is 1. The van der Waals surface area contributed by atoms with E-state index in [0.717, 1.165) is 0 Å². The molecule has 3 N–H and O–H groups in total. The smallest absolute Gasteiger partial charge is 0.341 e. The molecule has 0 aliphatic heterocycles. The number of halogens is 1. The summed E-state index contributed by atoms with van der Waals surface area (Å²) >= 11 is 5.39. The molecule has 8 heteroatoms. The predicted molar refractivity (Wildman–Crippen MR) is 64.2 cm³/mol. The highest BCUT2D eigenvalue weighted by Crippen LogP contribution is 2.05. The van der Waals surface area contributed by atoms with E-state index < -0.39 is 18.0 Å². The lowest BCUT2D eigenvalue weighted by molar-refractivity contribution is -0.120. The van der Waals surface area contributed by atoms with Gasteiger partial charge in [-0.3, -0.25) is 4.79 Å². The number of nitrogens with one attached hydrogen (secondary N) is 1. The molecule has 1 unspecified atom stereocenters. The molecule has 0 aromatic rings. The highest BCUT2D eigenvalue weighted by molar-refractivity contribution is 6.18. The van der Waals surface area contributed by atoms with Crippen molar-refractivity contribution in [3.05, 3.63) is 4.91 Å². The van der Waals surface area contributed by atoms with E-state index in [1.165, 1.54) is 0 Å². The molecule has 1 atom stereocenters. The molecule has 0 spiro atoms. The van der Waals surface area contributed by atoms with Crippen LogP contribution < -0.4 is 11.1 Å². The van der Waals surface area contributed by atoms with Crippen molar-refractivity contribution < 1.29 is 9.59 Å². The predicted octanol–water partition coefficient (Wildman–Crippen LogP) is 0.818. The van der Waals surface area contributed by atoms with Crippen molar-refractivity contribution in [3.63, 3.8) is 0 Å². The van der Waals surface area contributed by atoms with E-state index in [0.29, 0.717) is 11.4 Å². The molecule has 3 amide bonds. The van der Waals surface area contributed by atoms with E-state index in [4.69, 9.17) is 17.3 Å². The Morgan fingerprint density at radius 2 is 2.06 bits per heavy atom. The second-order valence-electron chi connectivity index (χ2n) is 3.93. The molecule has 0 aromatic carbocycles. The van der Waals surface area contributed by atoms with Crippen LogP contribution in [0.25, 0.3) is 0 Å². The molecule has 7 nitrogen and oxygen atoms in total. The molecule has 0 aromatic heterocycles. The number of nitroso groups, excluding NO2 is 1. The van der Waals surface area contributed by atoms with Gasteiger partial charge >= 0.3 is 6.03 Å². The van der Waals surface area contributed by atoms with Gasteiger partial charge in [-0.1, -0.05) is 13.8 Å². The fourth-order valence-corrected chi connectivity index (χ4v) is 1.36. The number of carbonyl (C=O) groups excluding carboxylic acids is 2. The summed E-state index contributed by atoms with van der Waals surface area (Å²) in [6, 6.07) is -1.59. The van der Waals surface area contributed by atoms with Crippen molar-refractivity contribution in [1.29, 1.82) is 0 Å². The maximum absolute atomic E-state index is 11.5. The Morgan fingerprint density at radius 1 is 1.47 bits per heavy atom. The van der Waals surface area contributed by atoms with Crippen molar-refractivity contribution in [1.82, 2.24) is 10.3 Å². The van der Waals surface area contributed by atoms with Gasteiger partial charge in [0.1, 0.15) is 6.04 Å². The minimum Gasteiger partial charge on any atom is -0.368 e. The van der Waals surface area contributed by atoms with Gasteiger partial charge in [-0.2, -0.15) is 5.01 Å². The van der Waals surface area contributed by atoms with E-state index in [1.807, 2.05) is 13.8 Å². The second kappa shape index (κ2) is 7.83. The van der Waals surface area contributed by atoms with Crippen LogP contribution in [0.4, 0.5) is 4.79 Å². The summed E-state index contributed by atoms with van der Waals surface area (Å²) in [6.45, 7) is 3.75. The summed E-state index contributed by atoms with van der Waals surface area (Å²) in [6.07, 6.45) is 0.397. The topological polar surface area (TPSA) is 105 Å². The van der Waals surface area contributed by atoms with Crippen LogP contribution in [0.3, 0.4) is 0 Å². The summed E-state index contributed by atoms with van der Waals surface area (Å²) in [4.78, 5) is 33.0. The number of hydrogen-bond acceptors (Lipinski definition) is 4. The van der Waals surface area contributed by atoms with Gasteiger partial charge in [-0.25, -0.2) is 4.79 Å². The number of nitrogens with zero attached hydrogens (tertiary/aromatic N) is 2. The Morgan fingerprint density at radius 3 is 2.41 bits per heavy atom. The standard InChI is InChI=1S/C9H17ClN4O3/c1-6(2)5-7(8(11)15)12-9(16)14(13-17)4-3-10/h6-7H,3-5H2,1-2H3,(H2,11,15)(H,12,16). The molecule has 0 heterocycles. The zero-order chi connectivity index (χ0) is 13.4. The Labute approximate surface area is 105 Å². The van der Waals surface area contributed by atoms with Crippen molar-refractivity contribution in [3.8, 4) is 0 Å². The number of carbonyl (C=O) groups is 2. The lowest BCUT2D eigenvalue weighted by atomic mass is 10.0. The van der Waals surface area contributed by atoms with Crippen LogP contribution >= 0.6 is 11.6 Å². The normalized spacial score (nSPS) is 12.0. The Kier molecular flexibility index (Phi) is 7.20. The Balaban J connectivity index is 4.47. The maximum atomic E-state index is 11.5. The van der Waals surface area contributed by atoms with Gasteiger partial charge in [0.2, 0.25) is 5.91 Å². The van der Waals surface area contributed by atoms with Gasteiger partial charge in [0.15, 0.2) is 0 Å². The zero-order valence-electron chi connectivity index (χ0n) is 9.85. The third-order valence-corrected chi connectivity index (χ3v) is 2.15. The van der Waals surface area contributed by atoms with Gasteiger partial charge in [-0.15, -0.1) is 16.5 Å². The van der Waals surface area contributed by atoms with Gasteiger partial charge in [0, 0.05) is 5.88 Å². The summed E-state index contributed by atoms with van der Waals surface area (Å²) in [5.74, 6) is -0.396. The lowest BCUT2D eigenvalue weighted by Crippen LogP contribution is -2.49. The maximum Gasteiger partial charge on any atom is 0.341 e. The van der Waals surface area contributed by atoms with Crippen molar-refractivity contribution in [2.75, 3.05) is 12.4 Å². The summed E-state index contributed by atoms with van der Waals surface area (Å²) < 4.78 is 0. The number of rotatable bonds is 7. The monoisotopic (exact) mass is 264 g/mol. The minimum atomic E-state index is -0.818. The summed E-state index contributed by atoms with van der Waals surface area (Å²) in [5.41, 5.74) is 5.14. The average Bonchev–Trinajstić information content (AvgIpc) is 2.23. The highest BCUT2D eigenvalue weighted by atomic mass is 35.5. The molecule has 0 rings (SSSR count). The Hall–Kier alpha value is -1.37. The molecule has 98 valence electrons. The van der Waals surface area contributed by atoms with Gasteiger partial charge in [0.05, 0.1) is 11.8 Å². The second-order valence-corrected chi connectivity index (χ2v) is 4.31. The largest absolute Gasteiger partial charge is 0.368 e. The average molecular weight is 265 g/mol. The minimum absolute atomic E-state index is 0.0238. The first-order chi connectivity index (χ1) is 7.92. The van der Waals surface area contributed by atoms with Crippen molar-refractivity contribution in [2.45, 2.75) is 26.3 Å². The van der Waals surface area contributed by atoms with E-state index in [2.05, 4.69) is 10.6 Å². The molecule has 0 saturated carbocycles. The lowest BCUT2D eigenvalue weighted by Gasteiger charge is -2.20. The van der Waals surface area contributed by atoms with Crippen LogP contribution in [0, 0.1) is 10.8 Å². The molecule has 0 saturated heterocycles. The quantitative estimate of drug-likeness (QED) is 0.404. The molecule has 0 bridgehead atoms. The van der Waals surface area contributed by atoms with Crippen LogP contribution in [0.1, 0.15) is 20.3 Å². The van der Waals surface area contributed by atoms with Gasteiger partial charge < -0.3 is 11.1 Å². The number of primary amides is 1. The van der Waals surface area contributed by atoms with Gasteiger partial charge in [0.25, 0.3) is 0 Å². The number of amides is 3. The zero-order valence-corrected chi connectivity index (χ0v) is 10.6. The van der Waals surface area contributed by atoms with Crippen molar-refractivity contribution >= 4 is 23.5 Å². The molecule has 0 aliphatic rings. The third-order valence-electron chi connectivity index (χ3n) is 1.98. The summed E-state index contributed by atoms with van der Waals surface area (Å²) in [5, 5.41) is 5.46. The number of alkyl halides is 1. The molecular formula is C9H17ClN4O3. The van der Waals surface area contributed by atoms with E-state index in [1.54, 1.807) is 0 Å². The molecule has 0 fully saturated rings. The van der Waals surface area contributed by atoms with Crippen LogP contribution in [0.15, 0.2) is 5.29 Å². The first kappa shape index (κ1) is 15.6. The molecule has 0 aliphatic carbocycles. The van der Waals surface area contributed by atoms with Crippen molar-refractivity contribution in [2.24, 2.45) is 16.9 Å². The van der Waals surface area contributed by atoms with Crippen LogP contribution in [-0.2, 0) is 4.79 Å². The first-order valence-corrected chi connectivity index (χ1v) is 5.72. The fraction of sp³-hybridized carbons (Fsp3) is 0.778. The molecule has 17 heavy (non-hydrogen) atoms. The van der Waals surface area contributed by atoms with E-state index in [9.17, 15) is 14.5 Å². The van der Waals surface area contributed by atoms with Crippen LogP contribution in [-0.4, -0.2) is 35.4 Å². The number of urea groups is 1. The SMILES string of the molecule is CC(C)CC(NC(=O)N(CCCl)N=O)C(N)=O. The first-order valence-electron chi connectivity index (χ1n) is 5.19. The fourth-order valence-electron chi connectivity index (χ4n) is 1.20. The van der Waals surface area contributed by atoms with E-state index in [-0.39, 0.29) is 18.3 Å². The Bertz CT molecular complexity index is 285. The third kappa shape index (κ3) is 6.06. The number of hydrogen-bond donors (Lipinski definition) is 2. The van der Waals surface area contributed by atoms with Crippen LogP contribution in [0.2, 0.25) is 0 Å². The van der Waals surface area contributed by atoms with Gasteiger partial charge in [-0.05, 0) is 12.3 Å². The molecule has 0 radical (unpaired) electrons. The highest BCUT2D eigenvalue weighted by Gasteiger charge is 2.22. The van der Waals surface area contributed by atoms with E-state index >= 15 is 0 Å². The summed E-state index contributed by atoms with van der Waals surface area (Å²) in [7, 11) is 0. The molecular weight excluding hydrogens is 248 g/mol. The van der Waals surface area contributed by atoms with Crippen LogP contribution in [0.5, 0.6) is 0 Å².